The first kappa shape index (κ1) is 16.5. The molecule has 0 aliphatic heterocycles. The van der Waals surface area contributed by atoms with Crippen molar-refractivity contribution in [2.45, 2.75) is 57.6 Å². The highest BCUT2D eigenvalue weighted by molar-refractivity contribution is 7.89. The van der Waals surface area contributed by atoms with Crippen LogP contribution in [-0.2, 0) is 16.6 Å². The number of aromatic nitrogens is 2. The van der Waals surface area contributed by atoms with Gasteiger partial charge in [-0.15, -0.1) is 11.6 Å². The van der Waals surface area contributed by atoms with Crippen molar-refractivity contribution < 1.29 is 8.42 Å². The van der Waals surface area contributed by atoms with Gasteiger partial charge in [0.05, 0.1) is 0 Å². The molecule has 1 aromatic heterocycles. The number of rotatable bonds is 7. The summed E-state index contributed by atoms with van der Waals surface area (Å²) in [6.45, 7) is 8.22. The van der Waals surface area contributed by atoms with Crippen LogP contribution in [0.25, 0.3) is 0 Å². The number of halogens is 1. The van der Waals surface area contributed by atoms with Crippen LogP contribution in [0.2, 0.25) is 0 Å². The average molecular weight is 308 g/mol. The molecule has 0 fully saturated rings. The molecule has 19 heavy (non-hydrogen) atoms. The second kappa shape index (κ2) is 6.24. The Morgan fingerprint density at radius 2 is 2.11 bits per heavy atom. The monoisotopic (exact) mass is 307 g/mol. The van der Waals surface area contributed by atoms with Gasteiger partial charge < -0.3 is 4.57 Å². The number of hydrogen-bond acceptors (Lipinski definition) is 3. The summed E-state index contributed by atoms with van der Waals surface area (Å²) in [6, 6.07) is 0. The highest BCUT2D eigenvalue weighted by atomic mass is 35.5. The van der Waals surface area contributed by atoms with Crippen LogP contribution in [-0.4, -0.2) is 29.4 Å². The van der Waals surface area contributed by atoms with Crippen LogP contribution in [0.1, 0.15) is 39.4 Å². The Morgan fingerprint density at radius 3 is 2.63 bits per heavy atom. The number of aryl methyl sites for hydroxylation is 2. The van der Waals surface area contributed by atoms with Gasteiger partial charge in [-0.2, -0.15) is 0 Å². The first-order valence-electron chi connectivity index (χ1n) is 6.35. The van der Waals surface area contributed by atoms with Gasteiger partial charge in [-0.05, 0) is 33.6 Å². The van der Waals surface area contributed by atoms with Gasteiger partial charge in [-0.25, -0.2) is 18.1 Å². The zero-order chi connectivity index (χ0) is 14.7. The molecule has 110 valence electrons. The quantitative estimate of drug-likeness (QED) is 0.786. The molecule has 0 aromatic carbocycles. The topological polar surface area (TPSA) is 64.0 Å². The van der Waals surface area contributed by atoms with E-state index in [0.717, 1.165) is 13.0 Å². The molecule has 0 saturated carbocycles. The fourth-order valence-corrected chi connectivity index (χ4v) is 3.70. The molecule has 0 saturated heterocycles. The number of alkyl halides is 1. The Kier molecular flexibility index (Phi) is 5.41. The van der Waals surface area contributed by atoms with Crippen LogP contribution in [0.4, 0.5) is 0 Å². The Labute approximate surface area is 120 Å². The third-order valence-electron chi connectivity index (χ3n) is 2.82. The Bertz CT molecular complexity index is 523. The fraction of sp³-hybridized carbons (Fsp3) is 0.750. The van der Waals surface area contributed by atoms with Crippen LogP contribution in [0, 0.1) is 6.92 Å². The van der Waals surface area contributed by atoms with Crippen molar-refractivity contribution in [1.82, 2.24) is 14.3 Å². The lowest BCUT2D eigenvalue weighted by atomic mass is 10.0. The molecule has 0 radical (unpaired) electrons. The lowest BCUT2D eigenvalue weighted by molar-refractivity contribution is 0.440. The maximum atomic E-state index is 12.3. The number of sulfonamides is 1. The predicted molar refractivity (Wildman–Crippen MR) is 77.0 cm³/mol. The van der Waals surface area contributed by atoms with Crippen molar-refractivity contribution in [3.8, 4) is 0 Å². The van der Waals surface area contributed by atoms with E-state index in [0.29, 0.717) is 18.1 Å². The van der Waals surface area contributed by atoms with E-state index in [1.165, 1.54) is 0 Å². The zero-order valence-electron chi connectivity index (χ0n) is 11.9. The zero-order valence-corrected chi connectivity index (χ0v) is 13.5. The van der Waals surface area contributed by atoms with Crippen molar-refractivity contribution in [2.75, 3.05) is 5.88 Å². The normalized spacial score (nSPS) is 12.9. The van der Waals surface area contributed by atoms with Gasteiger partial charge in [0.1, 0.15) is 5.82 Å². The fourth-order valence-electron chi connectivity index (χ4n) is 1.78. The van der Waals surface area contributed by atoms with Gasteiger partial charge in [0.25, 0.3) is 10.0 Å². The minimum absolute atomic E-state index is 0.0705. The van der Waals surface area contributed by atoms with E-state index >= 15 is 0 Å². The summed E-state index contributed by atoms with van der Waals surface area (Å²) >= 11 is 5.68. The number of imidazole rings is 1. The van der Waals surface area contributed by atoms with Crippen molar-refractivity contribution in [1.29, 1.82) is 0 Å². The molecule has 0 amide bonds. The third-order valence-corrected chi connectivity index (χ3v) is 4.58. The van der Waals surface area contributed by atoms with E-state index < -0.39 is 15.6 Å². The molecule has 1 N–H and O–H groups in total. The van der Waals surface area contributed by atoms with Crippen molar-refractivity contribution in [3.05, 3.63) is 12.0 Å². The second-order valence-electron chi connectivity index (χ2n) is 5.25. The van der Waals surface area contributed by atoms with E-state index in [1.54, 1.807) is 13.1 Å². The summed E-state index contributed by atoms with van der Waals surface area (Å²) < 4.78 is 29.0. The molecule has 1 rings (SSSR count). The molecule has 1 aromatic rings. The second-order valence-corrected chi connectivity index (χ2v) is 7.26. The lowest BCUT2D eigenvalue weighted by Crippen LogP contribution is -2.43. The highest BCUT2D eigenvalue weighted by Crippen LogP contribution is 2.16. The van der Waals surface area contributed by atoms with E-state index in [1.807, 2.05) is 25.3 Å². The molecule has 0 atom stereocenters. The molecular weight excluding hydrogens is 286 g/mol. The molecule has 1 heterocycles. The van der Waals surface area contributed by atoms with Gasteiger partial charge in [0, 0.05) is 24.2 Å². The lowest BCUT2D eigenvalue weighted by Gasteiger charge is -2.24. The van der Waals surface area contributed by atoms with Crippen LogP contribution >= 0.6 is 11.6 Å². The molecule has 5 nitrogen and oxygen atoms in total. The summed E-state index contributed by atoms with van der Waals surface area (Å²) in [5.41, 5.74) is -0.580. The van der Waals surface area contributed by atoms with Gasteiger partial charge in [-0.3, -0.25) is 0 Å². The molecule has 0 spiro atoms. The van der Waals surface area contributed by atoms with Crippen LogP contribution in [0.5, 0.6) is 0 Å². The number of nitrogens with zero attached hydrogens (tertiary/aromatic N) is 2. The van der Waals surface area contributed by atoms with Gasteiger partial charge in [-0.1, -0.05) is 6.92 Å². The highest BCUT2D eigenvalue weighted by Gasteiger charge is 2.27. The summed E-state index contributed by atoms with van der Waals surface area (Å²) in [5.74, 6) is 1.11. The maximum Gasteiger partial charge on any atom is 0.260 e. The van der Waals surface area contributed by atoms with Gasteiger partial charge >= 0.3 is 0 Å². The van der Waals surface area contributed by atoms with Crippen molar-refractivity contribution >= 4 is 21.6 Å². The molecule has 0 bridgehead atoms. The summed E-state index contributed by atoms with van der Waals surface area (Å²) in [5, 5.41) is 0.0705. The Morgan fingerprint density at radius 1 is 1.47 bits per heavy atom. The Hall–Kier alpha value is -0.590. The van der Waals surface area contributed by atoms with Crippen LogP contribution < -0.4 is 4.72 Å². The minimum atomic E-state index is -3.60. The molecule has 0 aliphatic rings. The van der Waals surface area contributed by atoms with E-state index in [4.69, 9.17) is 11.6 Å². The van der Waals surface area contributed by atoms with Gasteiger partial charge in [0.15, 0.2) is 5.03 Å². The van der Waals surface area contributed by atoms with E-state index in [9.17, 15) is 8.42 Å². The Balaban J connectivity index is 2.97. The largest absolute Gasteiger partial charge is 0.334 e. The summed E-state index contributed by atoms with van der Waals surface area (Å²) in [7, 11) is -3.60. The average Bonchev–Trinajstić information content (AvgIpc) is 2.60. The predicted octanol–water partition coefficient (Wildman–Crippen LogP) is 2.29. The van der Waals surface area contributed by atoms with Crippen molar-refractivity contribution in [2.24, 2.45) is 0 Å². The molecule has 7 heteroatoms. The molecule has 0 unspecified atom stereocenters. The molecule has 0 aliphatic carbocycles. The van der Waals surface area contributed by atoms with Gasteiger partial charge in [0.2, 0.25) is 0 Å². The van der Waals surface area contributed by atoms with Crippen LogP contribution in [0.15, 0.2) is 11.2 Å². The van der Waals surface area contributed by atoms with Crippen LogP contribution in [0.3, 0.4) is 0 Å². The third kappa shape index (κ3) is 4.47. The number of hydrogen-bond donors (Lipinski definition) is 1. The van der Waals surface area contributed by atoms with Crippen molar-refractivity contribution in [3.63, 3.8) is 0 Å². The first-order valence-corrected chi connectivity index (χ1v) is 8.37. The standard InChI is InChI=1S/C12H22ClN3O2S/c1-5-8-16-9-11(14-10(16)2)19(17,18)15-12(3,4)6-7-13/h9,15H,5-8H2,1-4H3. The van der Waals surface area contributed by atoms with E-state index in [2.05, 4.69) is 9.71 Å². The summed E-state index contributed by atoms with van der Waals surface area (Å²) in [6.07, 6.45) is 3.07. The first-order chi connectivity index (χ1) is 8.72. The minimum Gasteiger partial charge on any atom is -0.334 e. The smallest absolute Gasteiger partial charge is 0.260 e. The summed E-state index contributed by atoms with van der Waals surface area (Å²) in [4.78, 5) is 4.12. The maximum absolute atomic E-state index is 12.3. The SMILES string of the molecule is CCCn1cc(S(=O)(=O)NC(C)(C)CCCl)nc1C. The molecular formula is C12H22ClN3O2S. The van der Waals surface area contributed by atoms with E-state index in [-0.39, 0.29) is 5.03 Å². The number of nitrogens with one attached hydrogen (secondary N) is 1.